The summed E-state index contributed by atoms with van der Waals surface area (Å²) in [6.07, 6.45) is 6.49. The Morgan fingerprint density at radius 1 is 1.41 bits per heavy atom. The first-order valence-electron chi connectivity index (χ1n) is 6.72. The summed E-state index contributed by atoms with van der Waals surface area (Å²) in [6.45, 7) is 4.99. The summed E-state index contributed by atoms with van der Waals surface area (Å²) < 4.78 is 0. The van der Waals surface area contributed by atoms with Crippen LogP contribution >= 0.6 is 0 Å². The molecule has 0 radical (unpaired) electrons. The van der Waals surface area contributed by atoms with Gasteiger partial charge in [0.2, 0.25) is 0 Å². The lowest BCUT2D eigenvalue weighted by atomic mass is 9.84. The van der Waals surface area contributed by atoms with E-state index in [1.54, 1.807) is 6.33 Å². The van der Waals surface area contributed by atoms with Crippen LogP contribution in [0.2, 0.25) is 0 Å². The minimum absolute atomic E-state index is 0.729. The first kappa shape index (κ1) is 11.2. The molecule has 3 aliphatic rings. The number of aromatic nitrogens is 3. The van der Waals surface area contributed by atoms with Gasteiger partial charge in [0.15, 0.2) is 0 Å². The van der Waals surface area contributed by atoms with E-state index in [0.29, 0.717) is 0 Å². The Balaban J connectivity index is 1.37. The fraction of sp³-hybridized carbons (Fsp3) is 0.833. The molecular weight excluding hydrogens is 214 g/mol. The Labute approximate surface area is 102 Å². The molecule has 0 saturated carbocycles. The first-order chi connectivity index (χ1) is 8.42. The van der Waals surface area contributed by atoms with Crippen LogP contribution in [-0.2, 0) is 6.42 Å². The van der Waals surface area contributed by atoms with E-state index in [1.807, 2.05) is 0 Å². The van der Waals surface area contributed by atoms with Crippen LogP contribution in [0, 0.1) is 5.92 Å². The molecule has 3 saturated heterocycles. The van der Waals surface area contributed by atoms with Gasteiger partial charge in [0, 0.05) is 19.0 Å². The van der Waals surface area contributed by atoms with E-state index in [1.165, 1.54) is 32.5 Å². The molecular formula is C12H21N5. The van der Waals surface area contributed by atoms with E-state index < -0.39 is 0 Å². The van der Waals surface area contributed by atoms with Crippen molar-refractivity contribution in [2.75, 3.05) is 26.2 Å². The highest BCUT2D eigenvalue weighted by Crippen LogP contribution is 2.27. The van der Waals surface area contributed by atoms with Crippen LogP contribution in [0.5, 0.6) is 0 Å². The molecule has 3 fully saturated rings. The predicted octanol–water partition coefficient (Wildman–Crippen LogP) is 0.421. The number of rotatable bonds is 5. The fourth-order valence-corrected chi connectivity index (χ4v) is 3.09. The number of H-pyrrole nitrogens is 1. The van der Waals surface area contributed by atoms with Crippen molar-refractivity contribution in [1.82, 2.24) is 25.4 Å². The third-order valence-electron chi connectivity index (χ3n) is 4.12. The highest BCUT2D eigenvalue weighted by molar-refractivity contribution is 4.91. The Kier molecular flexibility index (Phi) is 3.38. The number of nitrogens with zero attached hydrogens (tertiary/aromatic N) is 3. The SMILES string of the molecule is c1n[nH]c(CCCNC2CN3CCC2CC3)n1. The van der Waals surface area contributed by atoms with Crippen LogP contribution in [0.15, 0.2) is 6.33 Å². The van der Waals surface area contributed by atoms with Gasteiger partial charge in [-0.15, -0.1) is 0 Å². The van der Waals surface area contributed by atoms with Crippen LogP contribution in [-0.4, -0.2) is 52.3 Å². The van der Waals surface area contributed by atoms with Gasteiger partial charge in [-0.1, -0.05) is 0 Å². The highest BCUT2D eigenvalue weighted by Gasteiger charge is 2.33. The zero-order chi connectivity index (χ0) is 11.5. The summed E-state index contributed by atoms with van der Waals surface area (Å²) in [5.41, 5.74) is 0. The number of fused-ring (bicyclic) bond motifs is 3. The molecule has 1 aromatic rings. The topological polar surface area (TPSA) is 56.8 Å². The van der Waals surface area contributed by atoms with Crippen molar-refractivity contribution in [2.24, 2.45) is 5.92 Å². The summed E-state index contributed by atoms with van der Waals surface area (Å²) in [5.74, 6) is 1.92. The largest absolute Gasteiger partial charge is 0.312 e. The van der Waals surface area contributed by atoms with Crippen molar-refractivity contribution >= 4 is 0 Å². The maximum atomic E-state index is 4.14. The van der Waals surface area contributed by atoms with Crippen LogP contribution in [0.25, 0.3) is 0 Å². The first-order valence-corrected chi connectivity index (χ1v) is 6.72. The Morgan fingerprint density at radius 2 is 2.29 bits per heavy atom. The van der Waals surface area contributed by atoms with Gasteiger partial charge in [0.05, 0.1) is 0 Å². The maximum absolute atomic E-state index is 4.14. The monoisotopic (exact) mass is 235 g/mol. The van der Waals surface area contributed by atoms with Gasteiger partial charge >= 0.3 is 0 Å². The second-order valence-electron chi connectivity index (χ2n) is 5.23. The second kappa shape index (κ2) is 5.14. The molecule has 0 spiro atoms. The van der Waals surface area contributed by atoms with Gasteiger partial charge in [-0.3, -0.25) is 5.10 Å². The van der Waals surface area contributed by atoms with E-state index in [-0.39, 0.29) is 0 Å². The summed E-state index contributed by atoms with van der Waals surface area (Å²) in [7, 11) is 0. The van der Waals surface area contributed by atoms with Crippen molar-refractivity contribution in [3.8, 4) is 0 Å². The van der Waals surface area contributed by atoms with E-state index in [0.717, 1.165) is 37.2 Å². The summed E-state index contributed by atoms with van der Waals surface area (Å²) >= 11 is 0. The Bertz CT molecular complexity index is 329. The molecule has 0 aliphatic carbocycles. The third kappa shape index (κ3) is 2.66. The number of nitrogens with one attached hydrogen (secondary N) is 2. The molecule has 3 aliphatic heterocycles. The minimum atomic E-state index is 0.729. The van der Waals surface area contributed by atoms with Gasteiger partial charge in [-0.05, 0) is 44.8 Å². The summed E-state index contributed by atoms with van der Waals surface area (Å²) in [4.78, 5) is 6.73. The molecule has 1 atom stereocenters. The van der Waals surface area contributed by atoms with Gasteiger partial charge in [0.1, 0.15) is 12.2 Å². The molecule has 94 valence electrons. The van der Waals surface area contributed by atoms with Gasteiger partial charge < -0.3 is 10.2 Å². The number of hydrogen-bond donors (Lipinski definition) is 2. The molecule has 17 heavy (non-hydrogen) atoms. The highest BCUT2D eigenvalue weighted by atomic mass is 15.2. The molecule has 5 nitrogen and oxygen atoms in total. The van der Waals surface area contributed by atoms with E-state index in [2.05, 4.69) is 25.4 Å². The van der Waals surface area contributed by atoms with Crippen molar-refractivity contribution in [3.05, 3.63) is 12.2 Å². The average Bonchev–Trinajstić information content (AvgIpc) is 2.89. The molecule has 0 amide bonds. The number of aromatic amines is 1. The average molecular weight is 235 g/mol. The van der Waals surface area contributed by atoms with Gasteiger partial charge in [0.25, 0.3) is 0 Å². The number of aryl methyl sites for hydroxylation is 1. The van der Waals surface area contributed by atoms with Crippen LogP contribution < -0.4 is 5.32 Å². The van der Waals surface area contributed by atoms with Crippen LogP contribution in [0.4, 0.5) is 0 Å². The molecule has 1 aromatic heterocycles. The predicted molar refractivity (Wildman–Crippen MR) is 65.7 cm³/mol. The Hall–Kier alpha value is -0.940. The third-order valence-corrected chi connectivity index (χ3v) is 4.12. The lowest BCUT2D eigenvalue weighted by molar-refractivity contribution is 0.0728. The quantitative estimate of drug-likeness (QED) is 0.726. The molecule has 2 bridgehead atoms. The summed E-state index contributed by atoms with van der Waals surface area (Å²) in [5, 5.41) is 10.5. The summed E-state index contributed by atoms with van der Waals surface area (Å²) in [6, 6.07) is 0.729. The van der Waals surface area contributed by atoms with E-state index in [9.17, 15) is 0 Å². The second-order valence-corrected chi connectivity index (χ2v) is 5.23. The molecule has 1 unspecified atom stereocenters. The zero-order valence-electron chi connectivity index (χ0n) is 10.2. The molecule has 4 rings (SSSR count). The van der Waals surface area contributed by atoms with Crippen molar-refractivity contribution < 1.29 is 0 Å². The van der Waals surface area contributed by atoms with Gasteiger partial charge in [-0.25, -0.2) is 4.98 Å². The minimum Gasteiger partial charge on any atom is -0.312 e. The fourth-order valence-electron chi connectivity index (χ4n) is 3.09. The smallest absolute Gasteiger partial charge is 0.137 e. The lowest BCUT2D eigenvalue weighted by Crippen LogP contribution is -2.56. The molecule has 4 heterocycles. The molecule has 5 heteroatoms. The van der Waals surface area contributed by atoms with Crippen LogP contribution in [0.3, 0.4) is 0 Å². The van der Waals surface area contributed by atoms with E-state index in [4.69, 9.17) is 0 Å². The standard InChI is InChI=1S/C12H21N5/c1(2-12-14-9-15-16-12)5-13-11-8-17-6-3-10(11)4-7-17/h9-11,13H,1-8H2,(H,14,15,16). The van der Waals surface area contributed by atoms with Crippen molar-refractivity contribution in [1.29, 1.82) is 0 Å². The Morgan fingerprint density at radius 3 is 2.94 bits per heavy atom. The number of hydrogen-bond acceptors (Lipinski definition) is 4. The maximum Gasteiger partial charge on any atom is 0.137 e. The van der Waals surface area contributed by atoms with E-state index >= 15 is 0 Å². The zero-order valence-corrected chi connectivity index (χ0v) is 10.2. The normalized spacial score (nSPS) is 31.9. The van der Waals surface area contributed by atoms with Crippen molar-refractivity contribution in [2.45, 2.75) is 31.7 Å². The van der Waals surface area contributed by atoms with Gasteiger partial charge in [-0.2, -0.15) is 5.10 Å². The van der Waals surface area contributed by atoms with Crippen LogP contribution in [0.1, 0.15) is 25.1 Å². The van der Waals surface area contributed by atoms with Crippen molar-refractivity contribution in [3.63, 3.8) is 0 Å². The molecule has 2 N–H and O–H groups in total. The lowest BCUT2D eigenvalue weighted by Gasteiger charge is -2.45. The number of piperidine rings is 3. The molecule has 0 aromatic carbocycles.